The first-order valence-electron chi connectivity index (χ1n) is 7.65. The van der Waals surface area contributed by atoms with Crippen molar-refractivity contribution in [1.29, 1.82) is 0 Å². The number of aromatic nitrogens is 2. The van der Waals surface area contributed by atoms with Gasteiger partial charge in [0.25, 0.3) is 0 Å². The molecule has 1 fully saturated rings. The molecule has 3 rings (SSSR count). The lowest BCUT2D eigenvalue weighted by atomic mass is 10.1. The Morgan fingerprint density at radius 1 is 1.30 bits per heavy atom. The van der Waals surface area contributed by atoms with Crippen LogP contribution in [0.3, 0.4) is 0 Å². The number of esters is 1. The van der Waals surface area contributed by atoms with Crippen LogP contribution in [0, 0.1) is 0 Å². The maximum absolute atomic E-state index is 12.5. The van der Waals surface area contributed by atoms with Gasteiger partial charge in [-0.15, -0.1) is 0 Å². The number of carbonyl (C=O) groups excluding carboxylic acids is 2. The van der Waals surface area contributed by atoms with Gasteiger partial charge < -0.3 is 9.64 Å². The third-order valence-electron chi connectivity index (χ3n) is 4.11. The van der Waals surface area contributed by atoms with Crippen LogP contribution in [-0.4, -0.2) is 46.3 Å². The Morgan fingerprint density at radius 3 is 2.74 bits per heavy atom. The standard InChI is InChI=1S/C17H19N3O3/c1-23-17(22)15-4-2-10-19(15)16(21)12-13-5-7-14(8-6-13)20-11-3-9-18-20/h3,5-9,11,15H,2,4,10,12H2,1H3. The van der Waals surface area contributed by atoms with E-state index in [0.717, 1.165) is 17.7 Å². The summed E-state index contributed by atoms with van der Waals surface area (Å²) in [5, 5.41) is 4.17. The van der Waals surface area contributed by atoms with Crippen molar-refractivity contribution in [3.63, 3.8) is 0 Å². The number of methoxy groups -OCH3 is 1. The molecule has 120 valence electrons. The van der Waals surface area contributed by atoms with Gasteiger partial charge in [0.1, 0.15) is 6.04 Å². The van der Waals surface area contributed by atoms with Crippen LogP contribution < -0.4 is 0 Å². The first-order chi connectivity index (χ1) is 11.2. The van der Waals surface area contributed by atoms with Gasteiger partial charge in [-0.2, -0.15) is 5.10 Å². The fourth-order valence-corrected chi connectivity index (χ4v) is 2.91. The van der Waals surface area contributed by atoms with E-state index in [4.69, 9.17) is 4.74 Å². The third-order valence-corrected chi connectivity index (χ3v) is 4.11. The van der Waals surface area contributed by atoms with Crippen molar-refractivity contribution in [2.24, 2.45) is 0 Å². The van der Waals surface area contributed by atoms with Crippen molar-refractivity contribution in [1.82, 2.24) is 14.7 Å². The molecule has 0 bridgehead atoms. The summed E-state index contributed by atoms with van der Waals surface area (Å²) in [6.45, 7) is 0.615. The molecule has 0 N–H and O–H groups in total. The van der Waals surface area contributed by atoms with Crippen molar-refractivity contribution in [3.8, 4) is 5.69 Å². The van der Waals surface area contributed by atoms with Gasteiger partial charge in [-0.05, 0) is 36.6 Å². The molecule has 1 aliphatic rings. The highest BCUT2D eigenvalue weighted by atomic mass is 16.5. The molecule has 2 heterocycles. The second kappa shape index (κ2) is 6.64. The zero-order valence-corrected chi connectivity index (χ0v) is 13.0. The second-order valence-electron chi connectivity index (χ2n) is 5.56. The fourth-order valence-electron chi connectivity index (χ4n) is 2.91. The minimum atomic E-state index is -0.434. The number of amides is 1. The molecule has 0 aliphatic carbocycles. The quantitative estimate of drug-likeness (QED) is 0.804. The maximum Gasteiger partial charge on any atom is 0.328 e. The highest BCUT2D eigenvalue weighted by Crippen LogP contribution is 2.20. The molecule has 0 spiro atoms. The Hall–Kier alpha value is -2.63. The smallest absolute Gasteiger partial charge is 0.328 e. The van der Waals surface area contributed by atoms with Crippen molar-refractivity contribution in [3.05, 3.63) is 48.3 Å². The molecule has 1 aliphatic heterocycles. The van der Waals surface area contributed by atoms with E-state index in [0.29, 0.717) is 13.0 Å². The highest BCUT2D eigenvalue weighted by molar-refractivity contribution is 5.86. The van der Waals surface area contributed by atoms with E-state index in [1.807, 2.05) is 36.5 Å². The molecule has 1 aromatic carbocycles. The summed E-state index contributed by atoms with van der Waals surface area (Å²) >= 11 is 0. The molecule has 0 radical (unpaired) electrons. The Morgan fingerprint density at radius 2 is 2.09 bits per heavy atom. The van der Waals surface area contributed by atoms with Gasteiger partial charge in [-0.1, -0.05) is 12.1 Å². The van der Waals surface area contributed by atoms with Crippen LogP contribution in [0.1, 0.15) is 18.4 Å². The first kappa shape index (κ1) is 15.3. The predicted molar refractivity (Wildman–Crippen MR) is 84.0 cm³/mol. The van der Waals surface area contributed by atoms with E-state index < -0.39 is 6.04 Å². The third kappa shape index (κ3) is 3.26. The molecule has 0 saturated carbocycles. The van der Waals surface area contributed by atoms with E-state index in [9.17, 15) is 9.59 Å². The summed E-state index contributed by atoms with van der Waals surface area (Å²) in [4.78, 5) is 25.8. The number of benzene rings is 1. The number of likely N-dealkylation sites (tertiary alicyclic amines) is 1. The normalized spacial score (nSPS) is 17.3. The van der Waals surface area contributed by atoms with Gasteiger partial charge in [0.2, 0.25) is 5.91 Å². The zero-order valence-electron chi connectivity index (χ0n) is 13.0. The van der Waals surface area contributed by atoms with Crippen LogP contribution in [0.4, 0.5) is 0 Å². The molecule has 2 aromatic rings. The summed E-state index contributed by atoms with van der Waals surface area (Å²) in [5.74, 6) is -0.366. The summed E-state index contributed by atoms with van der Waals surface area (Å²) in [7, 11) is 1.36. The van der Waals surface area contributed by atoms with Gasteiger partial charge in [-0.3, -0.25) is 4.79 Å². The zero-order chi connectivity index (χ0) is 16.2. The predicted octanol–water partition coefficient (Wildman–Crippen LogP) is 1.58. The van der Waals surface area contributed by atoms with Crippen LogP contribution in [-0.2, 0) is 20.7 Å². The van der Waals surface area contributed by atoms with Gasteiger partial charge in [-0.25, -0.2) is 9.48 Å². The van der Waals surface area contributed by atoms with Crippen LogP contribution in [0.5, 0.6) is 0 Å². The van der Waals surface area contributed by atoms with Crippen LogP contribution >= 0.6 is 0 Å². The minimum absolute atomic E-state index is 0.0373. The Bertz CT molecular complexity index is 680. The Kier molecular flexibility index (Phi) is 4.41. The van der Waals surface area contributed by atoms with E-state index in [1.54, 1.807) is 15.8 Å². The fraction of sp³-hybridized carbons (Fsp3) is 0.353. The number of nitrogens with zero attached hydrogens (tertiary/aromatic N) is 3. The molecule has 1 atom stereocenters. The molecule has 1 unspecified atom stereocenters. The van der Waals surface area contributed by atoms with Gasteiger partial charge in [0.05, 0.1) is 19.2 Å². The summed E-state index contributed by atoms with van der Waals surface area (Å²) in [6.07, 6.45) is 5.39. The number of rotatable bonds is 4. The summed E-state index contributed by atoms with van der Waals surface area (Å²) in [5.41, 5.74) is 1.86. The number of carbonyl (C=O) groups is 2. The molecule has 1 saturated heterocycles. The van der Waals surface area contributed by atoms with Crippen molar-refractivity contribution < 1.29 is 14.3 Å². The molecule has 1 amide bonds. The number of hydrogen-bond acceptors (Lipinski definition) is 4. The van der Waals surface area contributed by atoms with Gasteiger partial charge >= 0.3 is 5.97 Å². The second-order valence-corrected chi connectivity index (χ2v) is 5.56. The lowest BCUT2D eigenvalue weighted by Gasteiger charge is -2.22. The minimum Gasteiger partial charge on any atom is -0.467 e. The van der Waals surface area contributed by atoms with E-state index >= 15 is 0 Å². The van der Waals surface area contributed by atoms with E-state index in [1.165, 1.54) is 7.11 Å². The molecular weight excluding hydrogens is 294 g/mol. The summed E-state index contributed by atoms with van der Waals surface area (Å²) in [6, 6.07) is 9.11. The summed E-state index contributed by atoms with van der Waals surface area (Å²) < 4.78 is 6.54. The average molecular weight is 313 g/mol. The first-order valence-corrected chi connectivity index (χ1v) is 7.65. The van der Waals surface area contributed by atoms with Crippen LogP contribution in [0.25, 0.3) is 5.69 Å². The van der Waals surface area contributed by atoms with E-state index in [-0.39, 0.29) is 18.3 Å². The van der Waals surface area contributed by atoms with Gasteiger partial charge in [0, 0.05) is 18.9 Å². The highest BCUT2D eigenvalue weighted by Gasteiger charge is 2.34. The molecule has 23 heavy (non-hydrogen) atoms. The topological polar surface area (TPSA) is 64.4 Å². The van der Waals surface area contributed by atoms with Crippen molar-refractivity contribution >= 4 is 11.9 Å². The molecule has 6 heteroatoms. The Balaban J connectivity index is 1.67. The Labute approximate surface area is 134 Å². The van der Waals surface area contributed by atoms with Crippen molar-refractivity contribution in [2.75, 3.05) is 13.7 Å². The van der Waals surface area contributed by atoms with Gasteiger partial charge in [0.15, 0.2) is 0 Å². The number of hydrogen-bond donors (Lipinski definition) is 0. The monoisotopic (exact) mass is 313 g/mol. The molecular formula is C17H19N3O3. The lowest BCUT2D eigenvalue weighted by molar-refractivity contribution is -0.150. The molecule has 6 nitrogen and oxygen atoms in total. The average Bonchev–Trinajstić information content (AvgIpc) is 3.26. The number of ether oxygens (including phenoxy) is 1. The maximum atomic E-state index is 12.5. The van der Waals surface area contributed by atoms with Crippen LogP contribution in [0.15, 0.2) is 42.7 Å². The SMILES string of the molecule is COC(=O)C1CCCN1C(=O)Cc1ccc(-n2cccn2)cc1. The van der Waals surface area contributed by atoms with Crippen molar-refractivity contribution in [2.45, 2.75) is 25.3 Å². The van der Waals surface area contributed by atoms with E-state index in [2.05, 4.69) is 5.10 Å². The lowest BCUT2D eigenvalue weighted by Crippen LogP contribution is -2.41. The van der Waals surface area contributed by atoms with Crippen LogP contribution in [0.2, 0.25) is 0 Å². The molecule has 1 aromatic heterocycles. The largest absolute Gasteiger partial charge is 0.467 e.